The maximum atomic E-state index is 14.0. The third kappa shape index (κ3) is 7.92. The van der Waals surface area contributed by atoms with Crippen molar-refractivity contribution in [3.05, 3.63) is 65.9 Å². The summed E-state index contributed by atoms with van der Waals surface area (Å²) in [4.78, 5) is 57.3. The lowest BCUT2D eigenvalue weighted by molar-refractivity contribution is -0.144. The second-order valence-corrected chi connectivity index (χ2v) is 11.4. The topological polar surface area (TPSA) is 129 Å². The van der Waals surface area contributed by atoms with Crippen molar-refractivity contribution in [2.75, 3.05) is 34.3 Å². The van der Waals surface area contributed by atoms with Crippen molar-refractivity contribution in [2.24, 2.45) is 5.92 Å². The summed E-state index contributed by atoms with van der Waals surface area (Å²) in [6.07, 6.45) is 3.14. The molecule has 3 N–H and O–H groups in total. The highest BCUT2D eigenvalue weighted by molar-refractivity contribution is 5.95. The monoisotopic (exact) mass is 591 g/mol. The van der Waals surface area contributed by atoms with E-state index in [1.165, 1.54) is 11.1 Å². The minimum absolute atomic E-state index is 0.121. The highest BCUT2D eigenvalue weighted by Gasteiger charge is 2.46. The molecule has 4 rings (SSSR count). The second-order valence-electron chi connectivity index (χ2n) is 11.4. The zero-order chi connectivity index (χ0) is 31.1. The molecule has 2 aromatic rings. The van der Waals surface area contributed by atoms with Gasteiger partial charge in [0.2, 0.25) is 23.6 Å². The number of fused-ring (bicyclic) bond motifs is 3. The zero-order valence-corrected chi connectivity index (χ0v) is 25.3. The molecule has 4 unspecified atom stereocenters. The molecule has 2 bridgehead atoms. The van der Waals surface area contributed by atoms with Gasteiger partial charge < -0.3 is 35.2 Å². The number of likely N-dealkylation sites (tertiary alicyclic amines) is 1. The van der Waals surface area contributed by atoms with Gasteiger partial charge in [-0.2, -0.15) is 0 Å². The first-order valence-electron chi connectivity index (χ1n) is 14.5. The van der Waals surface area contributed by atoms with Crippen LogP contribution in [0.4, 0.5) is 0 Å². The van der Waals surface area contributed by atoms with Crippen LogP contribution in [0.25, 0.3) is 6.08 Å². The molecule has 2 heterocycles. The first-order chi connectivity index (χ1) is 20.6. The van der Waals surface area contributed by atoms with Gasteiger partial charge >= 0.3 is 0 Å². The van der Waals surface area contributed by atoms with Crippen LogP contribution in [0.2, 0.25) is 0 Å². The average Bonchev–Trinajstić information content (AvgIpc) is 3.38. The van der Waals surface area contributed by atoms with Crippen molar-refractivity contribution in [1.29, 1.82) is 0 Å². The van der Waals surface area contributed by atoms with Gasteiger partial charge in [-0.05, 0) is 49.9 Å². The van der Waals surface area contributed by atoms with Gasteiger partial charge in [0, 0.05) is 31.1 Å². The number of carbonyl (C=O) groups excluding carboxylic acids is 4. The molecular weight excluding hydrogens is 550 g/mol. The normalized spacial score (nSPS) is 21.0. The summed E-state index contributed by atoms with van der Waals surface area (Å²) >= 11 is 0. The van der Waals surface area contributed by atoms with Crippen LogP contribution in [0.5, 0.6) is 11.5 Å². The maximum absolute atomic E-state index is 14.0. The Morgan fingerprint density at radius 3 is 2.53 bits per heavy atom. The first kappa shape index (κ1) is 31.6. The molecule has 4 atom stereocenters. The van der Waals surface area contributed by atoms with Crippen molar-refractivity contribution in [2.45, 2.75) is 50.9 Å². The van der Waals surface area contributed by atoms with Crippen molar-refractivity contribution in [3.8, 4) is 11.5 Å². The van der Waals surface area contributed by atoms with Crippen molar-refractivity contribution in [3.63, 3.8) is 0 Å². The highest BCUT2D eigenvalue weighted by Crippen LogP contribution is 2.30. The average molecular weight is 592 g/mol. The summed E-state index contributed by atoms with van der Waals surface area (Å²) in [7, 11) is 5.10. The van der Waals surface area contributed by atoms with Crippen LogP contribution < -0.4 is 25.4 Å². The molecular formula is C32H41N5O6. The lowest BCUT2D eigenvalue weighted by Gasteiger charge is -2.33. The van der Waals surface area contributed by atoms with E-state index in [-0.39, 0.29) is 37.2 Å². The van der Waals surface area contributed by atoms with E-state index in [0.717, 1.165) is 5.56 Å². The maximum Gasteiger partial charge on any atom is 0.247 e. The van der Waals surface area contributed by atoms with E-state index in [0.29, 0.717) is 23.5 Å². The van der Waals surface area contributed by atoms with Gasteiger partial charge in [0.25, 0.3) is 0 Å². The van der Waals surface area contributed by atoms with E-state index in [1.54, 1.807) is 50.4 Å². The smallest absolute Gasteiger partial charge is 0.247 e. The molecule has 4 amide bonds. The molecule has 11 nitrogen and oxygen atoms in total. The number of carbonyl (C=O) groups is 4. The molecule has 2 aliphatic heterocycles. The predicted octanol–water partition coefficient (Wildman–Crippen LogP) is 1.57. The van der Waals surface area contributed by atoms with E-state index in [2.05, 4.69) is 16.0 Å². The Bertz CT molecular complexity index is 1350. The van der Waals surface area contributed by atoms with Crippen LogP contribution in [-0.4, -0.2) is 92.0 Å². The first-order valence-corrected chi connectivity index (χ1v) is 14.5. The number of hydrogen-bond donors (Lipinski definition) is 3. The number of hydrogen-bond acceptors (Lipinski definition) is 7. The number of nitrogens with zero attached hydrogens (tertiary/aromatic N) is 2. The van der Waals surface area contributed by atoms with Crippen LogP contribution in [0.15, 0.2) is 54.7 Å². The van der Waals surface area contributed by atoms with E-state index in [4.69, 9.17) is 9.47 Å². The third-order valence-corrected chi connectivity index (χ3v) is 7.50. The Labute approximate surface area is 252 Å². The van der Waals surface area contributed by atoms with Crippen molar-refractivity contribution >= 4 is 29.7 Å². The molecule has 0 spiro atoms. The minimum atomic E-state index is -1.04. The van der Waals surface area contributed by atoms with Gasteiger partial charge in [-0.25, -0.2) is 0 Å². The number of likely N-dealkylation sites (N-methyl/N-ethyl adjacent to an activating group) is 1. The lowest BCUT2D eigenvalue weighted by Crippen LogP contribution is -2.60. The van der Waals surface area contributed by atoms with Crippen LogP contribution in [-0.2, 0) is 25.6 Å². The van der Waals surface area contributed by atoms with Crippen molar-refractivity contribution in [1.82, 2.24) is 25.8 Å². The number of amides is 4. The summed E-state index contributed by atoms with van der Waals surface area (Å²) in [6.45, 7) is 4.06. The summed E-state index contributed by atoms with van der Waals surface area (Å²) in [5.74, 6) is -0.749. The molecule has 0 saturated carbocycles. The van der Waals surface area contributed by atoms with Gasteiger partial charge in [0.05, 0.1) is 13.7 Å². The summed E-state index contributed by atoms with van der Waals surface area (Å²) in [6, 6.07) is 11.8. The molecule has 2 aliphatic rings. The summed E-state index contributed by atoms with van der Waals surface area (Å²) < 4.78 is 11.8. The second kappa shape index (κ2) is 14.2. The Morgan fingerprint density at radius 1 is 1.12 bits per heavy atom. The van der Waals surface area contributed by atoms with Gasteiger partial charge in [0.15, 0.2) is 0 Å². The van der Waals surface area contributed by atoms with Gasteiger partial charge in [-0.15, -0.1) is 0 Å². The SMILES string of the molecule is COc1ccc2cc1C=CNC(=O)C(Cc1ccccc1)NC(=O)C1C(CCN1C(=O)C(NC(=O)CN(C)C)C(C)C)O2. The predicted molar refractivity (Wildman–Crippen MR) is 162 cm³/mol. The number of ether oxygens (including phenoxy) is 2. The number of rotatable bonds is 8. The standard InChI is InChI=1S/C32H41N5O6/c1-20(2)28(35-27(38)19-36(3)4)32(41)37-16-14-26-29(37)31(40)34-24(17-21-9-7-6-8-10-21)30(39)33-15-13-22-18-23(43-26)11-12-25(22)42-5/h6-13,15,18,20,24,26,28-29H,14,16-17,19H2,1-5H3,(H,33,39)(H,34,40)(H,35,38). The summed E-state index contributed by atoms with van der Waals surface area (Å²) in [5.41, 5.74) is 1.53. The molecule has 11 heteroatoms. The van der Waals surface area contributed by atoms with E-state index >= 15 is 0 Å². The number of methoxy groups -OCH3 is 1. The van der Waals surface area contributed by atoms with E-state index in [1.807, 2.05) is 44.2 Å². The molecule has 43 heavy (non-hydrogen) atoms. The Balaban J connectivity index is 1.70. The largest absolute Gasteiger partial charge is 0.496 e. The van der Waals surface area contributed by atoms with Gasteiger partial charge in [-0.3, -0.25) is 19.2 Å². The van der Waals surface area contributed by atoms with Crippen LogP contribution in [0, 0.1) is 5.92 Å². The number of nitrogens with one attached hydrogen (secondary N) is 3. The molecule has 1 fully saturated rings. The molecule has 0 aromatic heterocycles. The van der Waals surface area contributed by atoms with Gasteiger partial charge in [0.1, 0.15) is 35.7 Å². The fourth-order valence-electron chi connectivity index (χ4n) is 5.36. The van der Waals surface area contributed by atoms with E-state index < -0.39 is 36.0 Å². The molecule has 1 saturated heterocycles. The zero-order valence-electron chi connectivity index (χ0n) is 25.3. The van der Waals surface area contributed by atoms with Crippen LogP contribution in [0.1, 0.15) is 31.4 Å². The van der Waals surface area contributed by atoms with E-state index in [9.17, 15) is 19.2 Å². The summed E-state index contributed by atoms with van der Waals surface area (Å²) in [5, 5.41) is 8.52. The Morgan fingerprint density at radius 2 is 1.86 bits per heavy atom. The highest BCUT2D eigenvalue weighted by atomic mass is 16.5. The molecule has 0 aliphatic carbocycles. The molecule has 0 radical (unpaired) electrons. The quantitative estimate of drug-likeness (QED) is 0.425. The van der Waals surface area contributed by atoms with Gasteiger partial charge in [-0.1, -0.05) is 44.2 Å². The lowest BCUT2D eigenvalue weighted by atomic mass is 10.0. The third-order valence-electron chi connectivity index (χ3n) is 7.50. The molecule has 230 valence electrons. The Hall–Kier alpha value is -4.38. The van der Waals surface area contributed by atoms with Crippen molar-refractivity contribution < 1.29 is 28.7 Å². The minimum Gasteiger partial charge on any atom is -0.496 e. The van der Waals surface area contributed by atoms with Crippen LogP contribution in [0.3, 0.4) is 0 Å². The van der Waals surface area contributed by atoms with Crippen LogP contribution >= 0.6 is 0 Å². The molecule has 2 aromatic carbocycles. The number of benzene rings is 2. The Kier molecular flexibility index (Phi) is 10.4. The fourth-order valence-corrected chi connectivity index (χ4v) is 5.36. The fraction of sp³-hybridized carbons (Fsp3) is 0.438.